The number of rotatable bonds is 6. The lowest BCUT2D eigenvalue weighted by Gasteiger charge is -2.20. The molecule has 0 unspecified atom stereocenters. The van der Waals surface area contributed by atoms with Gasteiger partial charge >= 0.3 is 0 Å². The topological polar surface area (TPSA) is 93.6 Å². The van der Waals surface area contributed by atoms with Gasteiger partial charge in [0.1, 0.15) is 11.6 Å². The first-order chi connectivity index (χ1) is 10.7. The van der Waals surface area contributed by atoms with E-state index in [0.29, 0.717) is 17.3 Å². The van der Waals surface area contributed by atoms with Crippen LogP contribution >= 0.6 is 0 Å². The molecule has 6 heteroatoms. The molecule has 2 aliphatic carbocycles. The third-order valence-corrected chi connectivity index (χ3v) is 5.12. The fourth-order valence-electron chi connectivity index (χ4n) is 3.99. The highest BCUT2D eigenvalue weighted by atomic mass is 16.2. The Morgan fingerprint density at radius 3 is 2.95 bits per heavy atom. The maximum atomic E-state index is 12.5. The summed E-state index contributed by atoms with van der Waals surface area (Å²) in [4.78, 5) is 12.5. The Bertz CT molecular complexity index is 588. The van der Waals surface area contributed by atoms with Crippen LogP contribution in [0.25, 0.3) is 0 Å². The first-order valence-corrected chi connectivity index (χ1v) is 8.15. The molecule has 1 aromatic rings. The molecule has 2 fully saturated rings. The van der Waals surface area contributed by atoms with Crippen LogP contribution in [0, 0.1) is 29.1 Å². The monoisotopic (exact) mass is 301 g/mol. The van der Waals surface area contributed by atoms with E-state index in [2.05, 4.69) is 26.9 Å². The zero-order valence-electron chi connectivity index (χ0n) is 13.0. The van der Waals surface area contributed by atoms with Gasteiger partial charge in [-0.1, -0.05) is 6.42 Å². The van der Waals surface area contributed by atoms with E-state index in [1.807, 2.05) is 7.05 Å². The summed E-state index contributed by atoms with van der Waals surface area (Å²) >= 11 is 0. The van der Waals surface area contributed by atoms with Gasteiger partial charge in [-0.15, -0.1) is 0 Å². The first kappa shape index (κ1) is 15.0. The Hall–Kier alpha value is -1.87. The molecule has 2 saturated carbocycles. The van der Waals surface area contributed by atoms with Crippen molar-refractivity contribution in [2.24, 2.45) is 17.8 Å². The van der Waals surface area contributed by atoms with Gasteiger partial charge in [-0.2, -0.15) is 10.4 Å². The number of amides is 1. The summed E-state index contributed by atoms with van der Waals surface area (Å²) in [6, 6.07) is 2.17. The number of nitriles is 1. The van der Waals surface area contributed by atoms with Crippen molar-refractivity contribution in [2.75, 3.05) is 18.9 Å². The minimum atomic E-state index is 0.0389. The lowest BCUT2D eigenvalue weighted by molar-refractivity contribution is -0.121. The highest BCUT2D eigenvalue weighted by molar-refractivity contribution is 5.93. The zero-order valence-corrected chi connectivity index (χ0v) is 13.0. The number of H-pyrrole nitrogens is 1. The minimum Gasteiger partial charge on any atom is -0.320 e. The smallest absolute Gasteiger partial charge is 0.229 e. The lowest BCUT2D eigenvalue weighted by atomic mass is 9.88. The number of anilines is 1. The van der Waals surface area contributed by atoms with E-state index in [0.717, 1.165) is 37.4 Å². The van der Waals surface area contributed by atoms with Crippen LogP contribution in [0.5, 0.6) is 0 Å². The van der Waals surface area contributed by atoms with Gasteiger partial charge in [-0.25, -0.2) is 0 Å². The van der Waals surface area contributed by atoms with Crippen LogP contribution in [-0.2, 0) is 11.2 Å². The van der Waals surface area contributed by atoms with Gasteiger partial charge in [0, 0.05) is 5.92 Å². The molecule has 1 heterocycles. The van der Waals surface area contributed by atoms with E-state index < -0.39 is 0 Å². The van der Waals surface area contributed by atoms with Crippen LogP contribution in [0.4, 0.5) is 5.82 Å². The molecule has 3 atom stereocenters. The Labute approximate surface area is 130 Å². The maximum absolute atomic E-state index is 12.5. The minimum absolute atomic E-state index is 0.0389. The van der Waals surface area contributed by atoms with E-state index >= 15 is 0 Å². The second-order valence-corrected chi connectivity index (χ2v) is 6.52. The van der Waals surface area contributed by atoms with Gasteiger partial charge in [0.05, 0.1) is 5.69 Å². The number of carbonyl (C=O) groups is 1. The van der Waals surface area contributed by atoms with Gasteiger partial charge in [-0.3, -0.25) is 9.89 Å². The summed E-state index contributed by atoms with van der Waals surface area (Å²) in [5.41, 5.74) is 1.29. The lowest BCUT2D eigenvalue weighted by Crippen LogP contribution is -2.27. The Balaban J connectivity index is 1.65. The molecule has 3 N–H and O–H groups in total. The molecule has 0 aliphatic heterocycles. The molecular formula is C16H23N5O. The standard InChI is InChI=1S/C16H23N5O/c1-18-6-2-3-14-13(9-17)15(21-20-14)19-16(22)12-8-10-4-5-11(12)7-10/h10-12,18H,2-8H2,1H3,(H2,19,20,21,22)/t10-,11-,12-/m0/s1. The molecule has 0 saturated heterocycles. The molecule has 2 aliphatic rings. The predicted molar refractivity (Wildman–Crippen MR) is 83.1 cm³/mol. The van der Waals surface area contributed by atoms with Crippen molar-refractivity contribution in [2.45, 2.75) is 38.5 Å². The molecule has 1 aromatic heterocycles. The van der Waals surface area contributed by atoms with E-state index in [1.54, 1.807) is 0 Å². The van der Waals surface area contributed by atoms with E-state index in [9.17, 15) is 10.1 Å². The summed E-state index contributed by atoms with van der Waals surface area (Å²) in [7, 11) is 1.90. The van der Waals surface area contributed by atoms with Gasteiger partial charge in [-0.05, 0) is 57.5 Å². The number of aromatic nitrogens is 2. The SMILES string of the molecule is CNCCCc1[nH]nc(NC(=O)[C@H]2C[C@H]3CC[C@H]2C3)c1C#N. The van der Waals surface area contributed by atoms with Gasteiger partial charge in [0.2, 0.25) is 5.91 Å². The molecule has 6 nitrogen and oxygen atoms in total. The van der Waals surface area contributed by atoms with Crippen LogP contribution in [0.2, 0.25) is 0 Å². The number of aryl methyl sites for hydroxylation is 1. The van der Waals surface area contributed by atoms with Crippen LogP contribution < -0.4 is 10.6 Å². The summed E-state index contributed by atoms with van der Waals surface area (Å²) in [5.74, 6) is 1.80. The Morgan fingerprint density at radius 1 is 1.45 bits per heavy atom. The number of nitrogens with zero attached hydrogens (tertiary/aromatic N) is 2. The van der Waals surface area contributed by atoms with Gasteiger partial charge in [0.15, 0.2) is 5.82 Å². The average Bonchev–Trinajstić information content (AvgIpc) is 3.22. The third-order valence-electron chi connectivity index (χ3n) is 5.12. The van der Waals surface area contributed by atoms with E-state index in [4.69, 9.17) is 0 Å². The second-order valence-electron chi connectivity index (χ2n) is 6.52. The molecule has 0 spiro atoms. The summed E-state index contributed by atoms with van der Waals surface area (Å²) in [5, 5.41) is 22.3. The normalized spacial score (nSPS) is 26.1. The molecule has 3 rings (SSSR count). The Kier molecular flexibility index (Phi) is 4.44. The van der Waals surface area contributed by atoms with Crippen molar-refractivity contribution >= 4 is 11.7 Å². The predicted octanol–water partition coefficient (Wildman–Crippen LogP) is 1.81. The van der Waals surface area contributed by atoms with Crippen molar-refractivity contribution < 1.29 is 4.79 Å². The molecule has 2 bridgehead atoms. The highest BCUT2D eigenvalue weighted by Crippen LogP contribution is 2.48. The number of nitrogens with one attached hydrogen (secondary N) is 3. The fraction of sp³-hybridized carbons (Fsp3) is 0.688. The number of aromatic amines is 1. The fourth-order valence-corrected chi connectivity index (χ4v) is 3.99. The van der Waals surface area contributed by atoms with Crippen molar-refractivity contribution in [1.29, 1.82) is 5.26 Å². The van der Waals surface area contributed by atoms with Crippen LogP contribution in [0.15, 0.2) is 0 Å². The Morgan fingerprint density at radius 2 is 2.32 bits per heavy atom. The zero-order chi connectivity index (χ0) is 15.5. The summed E-state index contributed by atoms with van der Waals surface area (Å²) in [6.07, 6.45) is 6.31. The molecule has 118 valence electrons. The summed E-state index contributed by atoms with van der Waals surface area (Å²) in [6.45, 7) is 0.886. The first-order valence-electron chi connectivity index (χ1n) is 8.15. The van der Waals surface area contributed by atoms with Crippen LogP contribution in [0.3, 0.4) is 0 Å². The molecule has 0 aromatic carbocycles. The van der Waals surface area contributed by atoms with Crippen LogP contribution in [0.1, 0.15) is 43.4 Å². The number of fused-ring (bicyclic) bond motifs is 2. The second kappa shape index (κ2) is 6.49. The van der Waals surface area contributed by atoms with Crippen LogP contribution in [-0.4, -0.2) is 29.7 Å². The highest BCUT2D eigenvalue weighted by Gasteiger charge is 2.43. The average molecular weight is 301 g/mol. The molecule has 0 radical (unpaired) electrons. The summed E-state index contributed by atoms with van der Waals surface area (Å²) < 4.78 is 0. The maximum Gasteiger partial charge on any atom is 0.229 e. The number of hydrogen-bond acceptors (Lipinski definition) is 4. The number of hydrogen-bond donors (Lipinski definition) is 3. The van der Waals surface area contributed by atoms with E-state index in [1.165, 1.54) is 19.3 Å². The molecule has 22 heavy (non-hydrogen) atoms. The molecular weight excluding hydrogens is 278 g/mol. The third kappa shape index (κ3) is 2.86. The van der Waals surface area contributed by atoms with Crippen molar-refractivity contribution in [1.82, 2.24) is 15.5 Å². The van der Waals surface area contributed by atoms with Crippen molar-refractivity contribution in [3.8, 4) is 6.07 Å². The van der Waals surface area contributed by atoms with Crippen molar-refractivity contribution in [3.63, 3.8) is 0 Å². The van der Waals surface area contributed by atoms with Gasteiger partial charge < -0.3 is 10.6 Å². The largest absolute Gasteiger partial charge is 0.320 e. The van der Waals surface area contributed by atoms with E-state index in [-0.39, 0.29) is 11.8 Å². The molecule has 1 amide bonds. The number of carbonyl (C=O) groups excluding carboxylic acids is 1. The van der Waals surface area contributed by atoms with Gasteiger partial charge in [0.25, 0.3) is 0 Å². The van der Waals surface area contributed by atoms with Crippen molar-refractivity contribution in [3.05, 3.63) is 11.3 Å². The quantitative estimate of drug-likeness (QED) is 0.698.